The van der Waals surface area contributed by atoms with Gasteiger partial charge in [0.2, 0.25) is 0 Å². The van der Waals surface area contributed by atoms with Crippen LogP contribution in [0.5, 0.6) is 0 Å². The van der Waals surface area contributed by atoms with Crippen LogP contribution < -0.4 is 0 Å². The van der Waals surface area contributed by atoms with Crippen LogP contribution in [0.2, 0.25) is 5.02 Å². The summed E-state index contributed by atoms with van der Waals surface area (Å²) in [5.74, 6) is -1.28. The second-order valence-corrected chi connectivity index (χ2v) is 7.94. The first-order valence-corrected chi connectivity index (χ1v) is 9.61. The molecule has 0 amide bonds. The van der Waals surface area contributed by atoms with Crippen molar-refractivity contribution >= 4 is 21.7 Å². The maximum absolute atomic E-state index is 13.4. The summed E-state index contributed by atoms with van der Waals surface area (Å²) in [7, 11) is -3.73. The van der Waals surface area contributed by atoms with Crippen molar-refractivity contribution in [3.63, 3.8) is 0 Å². The number of hydrogen-bond donors (Lipinski definition) is 1. The van der Waals surface area contributed by atoms with Gasteiger partial charge in [0.25, 0.3) is 10.1 Å². The zero-order chi connectivity index (χ0) is 18.8. The van der Waals surface area contributed by atoms with Crippen LogP contribution in [0.3, 0.4) is 0 Å². The number of rotatable bonds is 7. The molecular formula is C15H19ClFN3O4S. The highest BCUT2D eigenvalue weighted by Crippen LogP contribution is 2.38. The number of halogens is 2. The zero-order valence-electron chi connectivity index (χ0n) is 13.9. The molecule has 138 valence electrons. The zero-order valence-corrected chi connectivity index (χ0v) is 15.5. The predicted octanol–water partition coefficient (Wildman–Crippen LogP) is 1.96. The Morgan fingerprint density at radius 2 is 2.12 bits per heavy atom. The molecule has 0 radical (unpaired) electrons. The quantitative estimate of drug-likeness (QED) is 0.725. The van der Waals surface area contributed by atoms with Crippen LogP contribution in [0.1, 0.15) is 19.4 Å². The molecule has 1 N–H and O–H groups in total. The molecular weight excluding hydrogens is 373 g/mol. The minimum absolute atomic E-state index is 0.0148. The normalized spacial score (nSPS) is 17.0. The first-order valence-electron chi connectivity index (χ1n) is 7.41. The van der Waals surface area contributed by atoms with Gasteiger partial charge in [0.05, 0.1) is 18.9 Å². The number of hydrogen-bond acceptors (Lipinski definition) is 6. The third-order valence-corrected chi connectivity index (χ3v) is 5.02. The van der Waals surface area contributed by atoms with Gasteiger partial charge in [-0.3, -0.25) is 4.18 Å². The number of aliphatic hydroxyl groups is 1. The summed E-state index contributed by atoms with van der Waals surface area (Å²) < 4.78 is 42.6. The maximum atomic E-state index is 13.4. The molecule has 2 aromatic rings. The summed E-state index contributed by atoms with van der Waals surface area (Å²) in [4.78, 5) is 3.82. The lowest BCUT2D eigenvalue weighted by Crippen LogP contribution is -2.44. The van der Waals surface area contributed by atoms with Crippen LogP contribution in [-0.4, -0.2) is 40.6 Å². The van der Waals surface area contributed by atoms with Crippen molar-refractivity contribution in [1.82, 2.24) is 14.8 Å². The lowest BCUT2D eigenvalue weighted by Gasteiger charge is -2.37. The molecule has 10 heteroatoms. The van der Waals surface area contributed by atoms with Crippen LogP contribution in [0.15, 0.2) is 30.9 Å². The fourth-order valence-corrected chi connectivity index (χ4v) is 3.67. The third-order valence-electron chi connectivity index (χ3n) is 4.05. The van der Waals surface area contributed by atoms with E-state index in [0.29, 0.717) is 0 Å². The van der Waals surface area contributed by atoms with Crippen molar-refractivity contribution in [2.24, 2.45) is 5.92 Å². The fourth-order valence-electron chi connectivity index (χ4n) is 2.62. The summed E-state index contributed by atoms with van der Waals surface area (Å²) >= 11 is 6.13. The monoisotopic (exact) mass is 391 g/mol. The highest BCUT2D eigenvalue weighted by Gasteiger charge is 2.42. The fraction of sp³-hybridized carbons (Fsp3) is 0.467. The van der Waals surface area contributed by atoms with E-state index in [9.17, 15) is 17.9 Å². The molecule has 0 saturated heterocycles. The van der Waals surface area contributed by atoms with Crippen molar-refractivity contribution in [3.05, 3.63) is 47.3 Å². The van der Waals surface area contributed by atoms with Crippen LogP contribution in [0.25, 0.3) is 0 Å². The third kappa shape index (κ3) is 4.75. The van der Waals surface area contributed by atoms with Gasteiger partial charge in [-0.1, -0.05) is 24.6 Å². The smallest absolute Gasteiger partial charge is 0.264 e. The van der Waals surface area contributed by atoms with Gasteiger partial charge in [-0.05, 0) is 19.1 Å². The van der Waals surface area contributed by atoms with Crippen molar-refractivity contribution in [2.75, 3.05) is 6.26 Å². The maximum Gasteiger partial charge on any atom is 0.264 e. The molecule has 1 aromatic carbocycles. The van der Waals surface area contributed by atoms with Crippen molar-refractivity contribution < 1.29 is 22.1 Å². The Kier molecular flexibility index (Phi) is 5.82. The van der Waals surface area contributed by atoms with Gasteiger partial charge in [-0.25, -0.2) is 14.1 Å². The van der Waals surface area contributed by atoms with Gasteiger partial charge in [0.1, 0.15) is 24.1 Å². The van der Waals surface area contributed by atoms with Crippen molar-refractivity contribution in [2.45, 2.75) is 32.1 Å². The first kappa shape index (κ1) is 19.8. The van der Waals surface area contributed by atoms with E-state index in [1.807, 2.05) is 0 Å². The van der Waals surface area contributed by atoms with E-state index in [4.69, 9.17) is 15.8 Å². The van der Waals surface area contributed by atoms with Gasteiger partial charge in [-0.15, -0.1) is 0 Å². The molecule has 1 aromatic heterocycles. The second kappa shape index (κ2) is 7.36. The number of benzene rings is 1. The van der Waals surface area contributed by atoms with Crippen LogP contribution in [0, 0.1) is 11.7 Å². The molecule has 0 unspecified atom stereocenters. The SMILES string of the molecule is C[C@H](OS(C)(=O)=O)[C@H](C)[C@](O)(Cn1cncn1)c1ccc(F)cc1Cl. The number of aromatic nitrogens is 3. The molecule has 0 aliphatic rings. The van der Waals surface area contributed by atoms with E-state index < -0.39 is 33.6 Å². The minimum atomic E-state index is -3.73. The molecule has 3 atom stereocenters. The highest BCUT2D eigenvalue weighted by molar-refractivity contribution is 7.86. The minimum Gasteiger partial charge on any atom is -0.383 e. The molecule has 0 aliphatic heterocycles. The lowest BCUT2D eigenvalue weighted by molar-refractivity contribution is -0.0703. The van der Waals surface area contributed by atoms with Crippen LogP contribution in [-0.2, 0) is 26.4 Å². The molecule has 7 nitrogen and oxygen atoms in total. The Labute approximate surface area is 150 Å². The summed E-state index contributed by atoms with van der Waals surface area (Å²) in [6.07, 6.45) is 2.76. The predicted molar refractivity (Wildman–Crippen MR) is 89.9 cm³/mol. The standard InChI is InChI=1S/C15H19ClFN3O4S/c1-10(11(2)24-25(3,22)23)15(21,7-20-9-18-8-19-20)13-5-4-12(17)6-14(13)16/h4-6,8-11,21H,7H2,1-3H3/t10-,11-,15+/m0/s1. The highest BCUT2D eigenvalue weighted by atomic mass is 35.5. The molecule has 0 spiro atoms. The number of nitrogens with zero attached hydrogens (tertiary/aromatic N) is 3. The molecule has 25 heavy (non-hydrogen) atoms. The van der Waals surface area contributed by atoms with Gasteiger partial charge in [-0.2, -0.15) is 13.5 Å². The van der Waals surface area contributed by atoms with E-state index in [1.54, 1.807) is 6.92 Å². The molecule has 0 aliphatic carbocycles. The first-order chi connectivity index (χ1) is 11.5. The van der Waals surface area contributed by atoms with Gasteiger partial charge in [0, 0.05) is 16.5 Å². The molecule has 0 bridgehead atoms. The molecule has 1 heterocycles. The van der Waals surface area contributed by atoms with E-state index in [0.717, 1.165) is 12.3 Å². The van der Waals surface area contributed by atoms with Crippen LogP contribution >= 0.6 is 11.6 Å². The molecule has 2 rings (SSSR count). The van der Waals surface area contributed by atoms with E-state index >= 15 is 0 Å². The summed E-state index contributed by atoms with van der Waals surface area (Å²) in [5.41, 5.74) is -1.44. The average molecular weight is 392 g/mol. The second-order valence-electron chi connectivity index (χ2n) is 5.94. The Bertz CT molecular complexity index is 831. The Morgan fingerprint density at radius 1 is 1.44 bits per heavy atom. The lowest BCUT2D eigenvalue weighted by atomic mass is 9.79. The molecule has 0 saturated carbocycles. The van der Waals surface area contributed by atoms with E-state index in [-0.39, 0.29) is 17.1 Å². The Hall–Kier alpha value is -1.55. The summed E-state index contributed by atoms with van der Waals surface area (Å²) in [6, 6.07) is 3.61. The van der Waals surface area contributed by atoms with E-state index in [1.165, 1.54) is 36.4 Å². The molecule has 0 fully saturated rings. The average Bonchev–Trinajstić information content (AvgIpc) is 2.97. The summed E-state index contributed by atoms with van der Waals surface area (Å²) in [6.45, 7) is 3.07. The van der Waals surface area contributed by atoms with E-state index in [2.05, 4.69) is 10.1 Å². The topological polar surface area (TPSA) is 94.3 Å². The van der Waals surface area contributed by atoms with Crippen LogP contribution in [0.4, 0.5) is 4.39 Å². The largest absolute Gasteiger partial charge is 0.383 e. The van der Waals surface area contributed by atoms with Crippen molar-refractivity contribution in [3.8, 4) is 0 Å². The van der Waals surface area contributed by atoms with Gasteiger partial charge < -0.3 is 5.11 Å². The summed E-state index contributed by atoms with van der Waals surface area (Å²) in [5, 5.41) is 15.4. The Balaban J connectivity index is 2.47. The Morgan fingerprint density at radius 3 is 2.64 bits per heavy atom. The van der Waals surface area contributed by atoms with Gasteiger partial charge in [0.15, 0.2) is 0 Å². The van der Waals surface area contributed by atoms with Crippen molar-refractivity contribution in [1.29, 1.82) is 0 Å². The van der Waals surface area contributed by atoms with Gasteiger partial charge >= 0.3 is 0 Å².